The third kappa shape index (κ3) is 4.74. The van der Waals surface area contributed by atoms with Crippen LogP contribution < -0.4 is 4.43 Å². The predicted octanol–water partition coefficient (Wildman–Crippen LogP) is 6.48. The van der Waals surface area contributed by atoms with E-state index in [1.54, 1.807) is 0 Å². The minimum absolute atomic E-state index is 0.00892. The Balaban J connectivity index is 2.99. The van der Waals surface area contributed by atoms with E-state index >= 15 is 0 Å². The monoisotopic (exact) mass is 512 g/mol. The van der Waals surface area contributed by atoms with Gasteiger partial charge in [-0.1, -0.05) is 0 Å². The van der Waals surface area contributed by atoms with Crippen molar-refractivity contribution in [2.24, 2.45) is 0 Å². The van der Waals surface area contributed by atoms with Crippen molar-refractivity contribution in [1.82, 2.24) is 10.1 Å². The van der Waals surface area contributed by atoms with Gasteiger partial charge in [0, 0.05) is 0 Å². The molecule has 0 heterocycles. The molecule has 0 radical (unpaired) electrons. The molecule has 1 aromatic carbocycles. The Kier molecular flexibility index (Phi) is 8.17. The molecule has 1 aliphatic rings. The molecule has 1 aliphatic carbocycles. The molecule has 0 unspecified atom stereocenters. The molecule has 0 amide bonds. The quantitative estimate of drug-likeness (QED) is 0.370. The van der Waals surface area contributed by atoms with Crippen LogP contribution in [0.5, 0.6) is 5.75 Å². The first-order chi connectivity index (χ1) is 14.5. The van der Waals surface area contributed by atoms with E-state index in [2.05, 4.69) is 139 Å². The van der Waals surface area contributed by atoms with Crippen LogP contribution in [0.3, 0.4) is 0 Å². The second-order valence-corrected chi connectivity index (χ2v) is 29.2. The topological polar surface area (TPSA) is 19.0 Å². The Labute approximate surface area is 203 Å². The van der Waals surface area contributed by atoms with Crippen LogP contribution in [0.15, 0.2) is 39.1 Å². The van der Waals surface area contributed by atoms with Gasteiger partial charge in [-0.3, -0.25) is 0 Å². The zero-order valence-electron chi connectivity index (χ0n) is 22.8. The molecule has 0 atom stereocenters. The van der Waals surface area contributed by atoms with Crippen molar-refractivity contribution in [3.63, 3.8) is 0 Å². The molecule has 0 saturated carbocycles. The van der Waals surface area contributed by atoms with Crippen molar-refractivity contribution in [3.8, 4) is 5.75 Å². The molecule has 181 valence electrons. The van der Waals surface area contributed by atoms with Gasteiger partial charge in [0.1, 0.15) is 0 Å². The summed E-state index contributed by atoms with van der Waals surface area (Å²) in [6, 6.07) is 4.64. The van der Waals surface area contributed by atoms with Crippen LogP contribution in [0.2, 0.25) is 19.6 Å². The number of nitrogens with zero attached hydrogens (tertiary/aromatic N) is 3. The first-order valence-electron chi connectivity index (χ1n) is 11.5. The molecule has 0 bridgehead atoms. The van der Waals surface area contributed by atoms with E-state index in [0.717, 1.165) is 12.2 Å². The van der Waals surface area contributed by atoms with Crippen molar-refractivity contribution < 1.29 is 19.2 Å². The molecule has 0 saturated heterocycles. The van der Waals surface area contributed by atoms with Gasteiger partial charge in [0.05, 0.1) is 0 Å². The third-order valence-corrected chi connectivity index (χ3v) is 26.5. The molecule has 0 aliphatic heterocycles. The molecule has 0 N–H and O–H groups in total. The molecular formula is C25H46N3OSSiTi. The molecule has 32 heavy (non-hydrogen) atoms. The molecule has 0 fully saturated rings. The zero-order valence-corrected chi connectivity index (χ0v) is 26.1. The van der Waals surface area contributed by atoms with Gasteiger partial charge in [0.25, 0.3) is 0 Å². The summed E-state index contributed by atoms with van der Waals surface area (Å²) in [5.41, 5.74) is 2.65. The summed E-state index contributed by atoms with van der Waals surface area (Å²) in [4.78, 5) is 1.31. The second-order valence-electron chi connectivity index (χ2n) is 11.7. The maximum absolute atomic E-state index is 6.80. The fourth-order valence-corrected chi connectivity index (χ4v) is 22.1. The van der Waals surface area contributed by atoms with Crippen LogP contribution in [-0.2, 0) is 20.2 Å². The minimum atomic E-state index is -3.93. The van der Waals surface area contributed by atoms with E-state index < -0.39 is 23.1 Å². The number of rotatable bonds is 8. The van der Waals surface area contributed by atoms with Gasteiger partial charge in [-0.05, 0) is 0 Å². The number of hydrogen-bond acceptors (Lipinski definition) is 5. The maximum atomic E-state index is 6.80. The summed E-state index contributed by atoms with van der Waals surface area (Å²) in [7, 11) is 13.9. The van der Waals surface area contributed by atoms with Gasteiger partial charge in [-0.15, -0.1) is 0 Å². The molecule has 4 nitrogen and oxygen atoms in total. The summed E-state index contributed by atoms with van der Waals surface area (Å²) in [5, 5.41) is 0. The van der Waals surface area contributed by atoms with E-state index in [-0.39, 0.29) is 5.41 Å². The predicted molar refractivity (Wildman–Crippen MR) is 143 cm³/mol. The Morgan fingerprint density at radius 3 is 1.84 bits per heavy atom. The van der Waals surface area contributed by atoms with Crippen molar-refractivity contribution in [3.05, 3.63) is 45.4 Å². The fourth-order valence-electron chi connectivity index (χ4n) is 5.17. The molecule has 0 aromatic heterocycles. The fraction of sp³-hybridized carbons (Fsp3) is 0.600. The van der Waals surface area contributed by atoms with E-state index in [9.17, 15) is 0 Å². The van der Waals surface area contributed by atoms with Crippen LogP contribution in [0.1, 0.15) is 38.3 Å². The molecular weight excluding hydrogens is 466 g/mol. The summed E-state index contributed by atoms with van der Waals surface area (Å²) >= 11 is -3.93. The first kappa shape index (κ1) is 27.9. The van der Waals surface area contributed by atoms with Crippen molar-refractivity contribution >= 4 is 17.7 Å². The van der Waals surface area contributed by atoms with Gasteiger partial charge < -0.3 is 0 Å². The number of aryl methyl sites for hydroxylation is 1. The van der Waals surface area contributed by atoms with Gasteiger partial charge in [0.2, 0.25) is 0 Å². The summed E-state index contributed by atoms with van der Waals surface area (Å²) in [5.74, 6) is 1.06. The van der Waals surface area contributed by atoms with Crippen molar-refractivity contribution in [2.45, 2.75) is 64.1 Å². The number of hydrogen-bond donors (Lipinski definition) is 0. The average molecular weight is 513 g/mol. The Hall–Kier alpha value is -0.339. The van der Waals surface area contributed by atoms with Crippen LogP contribution >= 0.6 is 9.35 Å². The Morgan fingerprint density at radius 2 is 1.47 bits per heavy atom. The van der Waals surface area contributed by atoms with E-state index in [0.29, 0.717) is 0 Å². The van der Waals surface area contributed by atoms with E-state index in [4.69, 9.17) is 4.43 Å². The van der Waals surface area contributed by atoms with Crippen molar-refractivity contribution in [2.75, 3.05) is 42.3 Å². The zero-order chi connectivity index (χ0) is 24.7. The van der Waals surface area contributed by atoms with Crippen LogP contribution in [0, 0.1) is 6.92 Å². The van der Waals surface area contributed by atoms with Crippen LogP contribution in [0.4, 0.5) is 0 Å². The van der Waals surface area contributed by atoms with Gasteiger partial charge in [0.15, 0.2) is 0 Å². The van der Waals surface area contributed by atoms with E-state index in [1.165, 1.54) is 19.9 Å². The van der Waals surface area contributed by atoms with Gasteiger partial charge in [-0.25, -0.2) is 0 Å². The summed E-state index contributed by atoms with van der Waals surface area (Å²) < 4.78 is 16.0. The normalized spacial score (nSPS) is 16.6. The molecule has 1 aromatic rings. The summed E-state index contributed by atoms with van der Waals surface area (Å²) in [6.45, 7) is 16.0. The Bertz CT molecular complexity index is 886. The average Bonchev–Trinajstić information content (AvgIpc) is 3.13. The standard InChI is InChI=1S/C14H24OSSi.C5H5.3C2H6N.Ti/c1-10-8-11(14(2,3)4)13(16)12(9-10)15-17(5,6)7;1-2-4-5-3-1;3*1-3-2;/h8-9,16H,1-7H3;1-3H,4H2;3*1-2H3;/q;;3*-1;+4/p-1. The summed E-state index contributed by atoms with van der Waals surface area (Å²) in [6.07, 6.45) is 7.90. The molecule has 7 heteroatoms. The second kappa shape index (κ2) is 9.37. The first-order valence-corrected chi connectivity index (χ1v) is 20.6. The molecule has 0 spiro atoms. The van der Waals surface area contributed by atoms with Gasteiger partial charge in [-0.2, -0.15) is 0 Å². The molecule has 2 rings (SSSR count). The third-order valence-electron chi connectivity index (χ3n) is 6.47. The van der Waals surface area contributed by atoms with Crippen LogP contribution in [-0.4, -0.2) is 60.7 Å². The van der Waals surface area contributed by atoms with Gasteiger partial charge >= 0.3 is 204 Å². The van der Waals surface area contributed by atoms with Crippen LogP contribution in [0.25, 0.3) is 0 Å². The SMILES string of the molecule is Cc1cc(O[Si](C)(C)C)c([S][Ti]([C]2=CC=CC2)([N](C)C)([N](C)C)[N](C)C)c(C(C)(C)C)c1. The number of allylic oxidation sites excluding steroid dienone is 4. The van der Waals surface area contributed by atoms with Crippen molar-refractivity contribution in [1.29, 1.82) is 0 Å². The van der Waals surface area contributed by atoms with E-state index in [1.807, 2.05) is 0 Å². The Morgan fingerprint density at radius 1 is 0.938 bits per heavy atom. The number of benzene rings is 1.